The second kappa shape index (κ2) is 7.13. The summed E-state index contributed by atoms with van der Waals surface area (Å²) in [7, 11) is 0. The summed E-state index contributed by atoms with van der Waals surface area (Å²) in [5.41, 5.74) is 1.17. The zero-order valence-corrected chi connectivity index (χ0v) is 14.3. The Labute approximate surface area is 150 Å². The third-order valence-electron chi connectivity index (χ3n) is 4.68. The summed E-state index contributed by atoms with van der Waals surface area (Å²) < 4.78 is 6.86. The van der Waals surface area contributed by atoms with Gasteiger partial charge in [0.15, 0.2) is 11.4 Å². The van der Waals surface area contributed by atoms with Crippen LogP contribution in [0.5, 0.6) is 5.88 Å². The summed E-state index contributed by atoms with van der Waals surface area (Å²) in [5, 5.41) is 19.2. The van der Waals surface area contributed by atoms with Crippen molar-refractivity contribution >= 4 is 22.5 Å². The van der Waals surface area contributed by atoms with E-state index in [9.17, 15) is 9.90 Å². The lowest BCUT2D eigenvalue weighted by Gasteiger charge is -2.27. The molecule has 0 radical (unpaired) electrons. The number of furan rings is 1. The summed E-state index contributed by atoms with van der Waals surface area (Å²) in [6.45, 7) is 2.62. The lowest BCUT2D eigenvalue weighted by atomic mass is 10.1. The molecule has 1 fully saturated rings. The van der Waals surface area contributed by atoms with Gasteiger partial charge >= 0.3 is 5.91 Å². The van der Waals surface area contributed by atoms with E-state index in [2.05, 4.69) is 15.1 Å². The first-order valence-corrected chi connectivity index (χ1v) is 8.76. The molecule has 1 amide bonds. The molecule has 1 N–H and O–H groups in total. The fourth-order valence-corrected chi connectivity index (χ4v) is 3.36. The van der Waals surface area contributed by atoms with E-state index in [1.165, 1.54) is 31.6 Å². The number of amides is 1. The SMILES string of the molecule is O=C(N=Nc1c(O)n(CN2CCCCC2)c2ccccc12)c1ccco1. The molecule has 4 rings (SSSR count). The number of likely N-dealkylation sites (tertiary alicyclic amines) is 1. The van der Waals surface area contributed by atoms with Crippen molar-refractivity contribution in [3.05, 3.63) is 48.4 Å². The zero-order chi connectivity index (χ0) is 17.9. The van der Waals surface area contributed by atoms with Gasteiger partial charge in [-0.25, -0.2) is 0 Å². The molecule has 1 saturated heterocycles. The van der Waals surface area contributed by atoms with E-state index >= 15 is 0 Å². The first kappa shape index (κ1) is 16.5. The number of carbonyl (C=O) groups is 1. The number of para-hydroxylation sites is 1. The number of azo groups is 1. The topological polar surface area (TPSA) is 83.3 Å². The lowest BCUT2D eigenvalue weighted by Crippen LogP contribution is -2.31. The Morgan fingerprint density at radius 3 is 2.69 bits per heavy atom. The van der Waals surface area contributed by atoms with Crippen LogP contribution < -0.4 is 0 Å². The summed E-state index contributed by atoms with van der Waals surface area (Å²) >= 11 is 0. The van der Waals surface area contributed by atoms with Gasteiger partial charge in [0, 0.05) is 5.39 Å². The van der Waals surface area contributed by atoms with Gasteiger partial charge in [-0.1, -0.05) is 24.6 Å². The van der Waals surface area contributed by atoms with Crippen molar-refractivity contribution in [3.8, 4) is 5.88 Å². The number of hydrogen-bond donors (Lipinski definition) is 1. The summed E-state index contributed by atoms with van der Waals surface area (Å²) in [6.07, 6.45) is 5.00. The third kappa shape index (κ3) is 3.13. The second-order valence-electron chi connectivity index (χ2n) is 6.42. The third-order valence-corrected chi connectivity index (χ3v) is 4.68. The van der Waals surface area contributed by atoms with E-state index < -0.39 is 5.91 Å². The van der Waals surface area contributed by atoms with Gasteiger partial charge in [0.2, 0.25) is 5.88 Å². The van der Waals surface area contributed by atoms with Gasteiger partial charge in [0.1, 0.15) is 0 Å². The Bertz CT molecular complexity index is 937. The molecule has 2 aromatic heterocycles. The smallest absolute Gasteiger partial charge is 0.331 e. The maximum atomic E-state index is 12.0. The van der Waals surface area contributed by atoms with Crippen LogP contribution in [-0.2, 0) is 6.67 Å². The van der Waals surface area contributed by atoms with Crippen LogP contribution in [0, 0.1) is 0 Å². The van der Waals surface area contributed by atoms with Crippen LogP contribution in [0.2, 0.25) is 0 Å². The minimum absolute atomic E-state index is 0.0211. The Morgan fingerprint density at radius 2 is 1.92 bits per heavy atom. The lowest BCUT2D eigenvalue weighted by molar-refractivity contribution is 0.0968. The van der Waals surface area contributed by atoms with Gasteiger partial charge in [0.05, 0.1) is 18.4 Å². The normalized spacial score (nSPS) is 15.8. The number of fused-ring (bicyclic) bond motifs is 1. The molecule has 0 atom stereocenters. The molecule has 1 aliphatic heterocycles. The quantitative estimate of drug-likeness (QED) is 0.709. The van der Waals surface area contributed by atoms with Crippen molar-refractivity contribution < 1.29 is 14.3 Å². The van der Waals surface area contributed by atoms with Gasteiger partial charge in [0.25, 0.3) is 0 Å². The Kier molecular flexibility index (Phi) is 4.53. The maximum absolute atomic E-state index is 12.0. The predicted molar refractivity (Wildman–Crippen MR) is 96.6 cm³/mol. The molecule has 3 aromatic rings. The average molecular weight is 352 g/mol. The van der Waals surface area contributed by atoms with E-state index in [4.69, 9.17) is 4.42 Å². The maximum Gasteiger partial charge on any atom is 0.331 e. The highest BCUT2D eigenvalue weighted by molar-refractivity contribution is 5.96. The van der Waals surface area contributed by atoms with Gasteiger partial charge in [-0.05, 0) is 44.1 Å². The van der Waals surface area contributed by atoms with Crippen LogP contribution in [0.25, 0.3) is 10.9 Å². The van der Waals surface area contributed by atoms with Crippen molar-refractivity contribution in [1.82, 2.24) is 9.47 Å². The van der Waals surface area contributed by atoms with Crippen LogP contribution in [0.3, 0.4) is 0 Å². The number of carbonyl (C=O) groups excluding carboxylic acids is 1. The van der Waals surface area contributed by atoms with Gasteiger partial charge in [-0.15, -0.1) is 10.2 Å². The summed E-state index contributed by atoms with van der Waals surface area (Å²) in [5.74, 6) is -0.444. The number of nitrogens with zero attached hydrogens (tertiary/aromatic N) is 4. The van der Waals surface area contributed by atoms with Gasteiger partial charge in [-0.2, -0.15) is 0 Å². The van der Waals surface area contributed by atoms with Gasteiger partial charge < -0.3 is 9.52 Å². The minimum Gasteiger partial charge on any atom is -0.493 e. The molecule has 1 aliphatic rings. The Morgan fingerprint density at radius 1 is 1.12 bits per heavy atom. The van der Waals surface area contributed by atoms with Crippen LogP contribution in [0.15, 0.2) is 57.3 Å². The molecule has 7 heteroatoms. The molecule has 0 bridgehead atoms. The highest BCUT2D eigenvalue weighted by Crippen LogP contribution is 2.39. The van der Waals surface area contributed by atoms with E-state index in [0.717, 1.165) is 24.0 Å². The molecule has 0 saturated carbocycles. The monoisotopic (exact) mass is 352 g/mol. The first-order valence-electron chi connectivity index (χ1n) is 8.76. The van der Waals surface area contributed by atoms with Gasteiger partial charge in [-0.3, -0.25) is 14.3 Å². The number of piperidine rings is 1. The molecule has 26 heavy (non-hydrogen) atoms. The van der Waals surface area contributed by atoms with E-state index in [1.807, 2.05) is 28.8 Å². The number of hydrogen-bond acceptors (Lipinski definition) is 5. The molecular weight excluding hydrogens is 332 g/mol. The average Bonchev–Trinajstić information content (AvgIpc) is 3.29. The molecular formula is C19H20N4O3. The van der Waals surface area contributed by atoms with Crippen LogP contribution >= 0.6 is 0 Å². The Hall–Kier alpha value is -2.93. The molecule has 3 heterocycles. The predicted octanol–water partition coefficient (Wildman–Crippen LogP) is 4.31. The Balaban J connectivity index is 1.68. The van der Waals surface area contributed by atoms with Crippen molar-refractivity contribution in [1.29, 1.82) is 0 Å². The van der Waals surface area contributed by atoms with Crippen molar-refractivity contribution in [2.24, 2.45) is 10.2 Å². The fourth-order valence-electron chi connectivity index (χ4n) is 3.36. The second-order valence-corrected chi connectivity index (χ2v) is 6.42. The summed E-state index contributed by atoms with van der Waals surface area (Å²) in [4.78, 5) is 14.3. The number of aromatic hydroxyl groups is 1. The molecule has 0 spiro atoms. The molecule has 1 aromatic carbocycles. The minimum atomic E-state index is -0.581. The zero-order valence-electron chi connectivity index (χ0n) is 14.3. The van der Waals surface area contributed by atoms with Crippen LogP contribution in [0.1, 0.15) is 29.8 Å². The summed E-state index contributed by atoms with van der Waals surface area (Å²) in [6, 6.07) is 10.7. The van der Waals surface area contributed by atoms with E-state index in [0.29, 0.717) is 12.4 Å². The highest BCUT2D eigenvalue weighted by Gasteiger charge is 2.20. The molecule has 7 nitrogen and oxygen atoms in total. The molecule has 0 aliphatic carbocycles. The highest BCUT2D eigenvalue weighted by atomic mass is 16.3. The number of aromatic nitrogens is 1. The van der Waals surface area contributed by atoms with E-state index in [1.54, 1.807) is 6.07 Å². The van der Waals surface area contributed by atoms with Crippen LogP contribution in [-0.4, -0.2) is 33.6 Å². The fraction of sp³-hybridized carbons (Fsp3) is 0.316. The largest absolute Gasteiger partial charge is 0.493 e. The van der Waals surface area contributed by atoms with Crippen molar-refractivity contribution in [3.63, 3.8) is 0 Å². The van der Waals surface area contributed by atoms with E-state index in [-0.39, 0.29) is 11.6 Å². The first-order chi connectivity index (χ1) is 12.7. The van der Waals surface area contributed by atoms with Crippen LogP contribution in [0.4, 0.5) is 5.69 Å². The number of benzene rings is 1. The molecule has 0 unspecified atom stereocenters. The number of rotatable bonds is 4. The van der Waals surface area contributed by atoms with Crippen molar-refractivity contribution in [2.45, 2.75) is 25.9 Å². The standard InChI is InChI=1S/C19H20N4O3/c24-18(16-9-6-12-26-16)21-20-17-14-7-2-3-8-15(14)23(19(17)25)13-22-10-4-1-5-11-22/h2-3,6-9,12,25H,1,4-5,10-11,13H2. The van der Waals surface area contributed by atoms with Crippen molar-refractivity contribution in [2.75, 3.05) is 13.1 Å². The molecule has 134 valence electrons.